The SMILES string of the molecule is CC(Cc1ccc(O[C@H](C)C(=O)O)cc1)NC[C@H](O)c1ccc(Cl)c(Cl)c1. The number of hydrogen-bond acceptors (Lipinski definition) is 4. The topological polar surface area (TPSA) is 78.8 Å². The number of hydrogen-bond donors (Lipinski definition) is 3. The van der Waals surface area contributed by atoms with E-state index < -0.39 is 18.2 Å². The van der Waals surface area contributed by atoms with Crippen molar-refractivity contribution in [3.05, 3.63) is 63.6 Å². The van der Waals surface area contributed by atoms with Gasteiger partial charge in [-0.25, -0.2) is 4.79 Å². The molecule has 2 aromatic rings. The molecule has 5 nitrogen and oxygen atoms in total. The molecular weight excluding hydrogens is 389 g/mol. The molecular formula is C20H23Cl2NO4. The van der Waals surface area contributed by atoms with Crippen LogP contribution in [-0.2, 0) is 11.2 Å². The minimum Gasteiger partial charge on any atom is -0.479 e. The van der Waals surface area contributed by atoms with Gasteiger partial charge in [0, 0.05) is 12.6 Å². The normalized spacial score (nSPS) is 14.4. The molecule has 0 heterocycles. The van der Waals surface area contributed by atoms with Crippen molar-refractivity contribution < 1.29 is 19.7 Å². The Bertz CT molecular complexity index is 767. The maximum absolute atomic E-state index is 10.8. The fourth-order valence-electron chi connectivity index (χ4n) is 2.53. The van der Waals surface area contributed by atoms with E-state index in [1.165, 1.54) is 6.92 Å². The van der Waals surface area contributed by atoms with Crippen LogP contribution in [0.4, 0.5) is 0 Å². The van der Waals surface area contributed by atoms with Gasteiger partial charge in [-0.15, -0.1) is 0 Å². The van der Waals surface area contributed by atoms with Crippen molar-refractivity contribution in [2.45, 2.75) is 38.5 Å². The van der Waals surface area contributed by atoms with Crippen LogP contribution in [0.2, 0.25) is 10.0 Å². The van der Waals surface area contributed by atoms with Gasteiger partial charge in [-0.1, -0.05) is 41.4 Å². The number of carbonyl (C=O) groups is 1. The fraction of sp³-hybridized carbons (Fsp3) is 0.350. The lowest BCUT2D eigenvalue weighted by molar-refractivity contribution is -0.144. The lowest BCUT2D eigenvalue weighted by Crippen LogP contribution is -2.32. The molecule has 3 atom stereocenters. The van der Waals surface area contributed by atoms with Gasteiger partial charge in [-0.2, -0.15) is 0 Å². The van der Waals surface area contributed by atoms with E-state index in [1.54, 1.807) is 30.3 Å². The quantitative estimate of drug-likeness (QED) is 0.578. The van der Waals surface area contributed by atoms with Crippen LogP contribution < -0.4 is 10.1 Å². The number of aliphatic hydroxyl groups is 1. The predicted octanol–water partition coefficient (Wildman–Crippen LogP) is 4.10. The Labute approximate surface area is 168 Å². The molecule has 2 rings (SSSR count). The van der Waals surface area contributed by atoms with Crippen molar-refractivity contribution in [2.24, 2.45) is 0 Å². The van der Waals surface area contributed by atoms with E-state index in [0.717, 1.165) is 12.0 Å². The van der Waals surface area contributed by atoms with Gasteiger partial charge in [0.2, 0.25) is 0 Å². The molecule has 27 heavy (non-hydrogen) atoms. The smallest absolute Gasteiger partial charge is 0.344 e. The first-order valence-electron chi connectivity index (χ1n) is 8.61. The van der Waals surface area contributed by atoms with Crippen molar-refractivity contribution in [3.8, 4) is 5.75 Å². The summed E-state index contributed by atoms with van der Waals surface area (Å²) in [5.74, 6) is -0.485. The Balaban J connectivity index is 1.83. The second kappa shape index (κ2) is 9.95. The zero-order valence-electron chi connectivity index (χ0n) is 15.2. The number of carboxylic acid groups (broad SMARTS) is 1. The van der Waals surface area contributed by atoms with Crippen molar-refractivity contribution in [3.63, 3.8) is 0 Å². The standard InChI is InChI=1S/C20H23Cl2NO4/c1-12(23-11-19(24)15-5-8-17(21)18(22)10-15)9-14-3-6-16(7-4-14)27-13(2)20(25)26/h3-8,10,12-13,19,23-24H,9,11H2,1-2H3,(H,25,26)/t12?,13-,19+/m1/s1. The van der Waals surface area contributed by atoms with Crippen molar-refractivity contribution >= 4 is 29.2 Å². The van der Waals surface area contributed by atoms with Crippen molar-refractivity contribution in [1.82, 2.24) is 5.32 Å². The van der Waals surface area contributed by atoms with E-state index in [2.05, 4.69) is 5.32 Å². The van der Waals surface area contributed by atoms with Gasteiger partial charge in [0.15, 0.2) is 6.10 Å². The van der Waals surface area contributed by atoms with Gasteiger partial charge in [0.05, 0.1) is 16.1 Å². The third-order valence-corrected chi connectivity index (χ3v) is 4.85. The number of rotatable bonds is 9. The minimum atomic E-state index is -1.00. The zero-order chi connectivity index (χ0) is 20.0. The third kappa shape index (κ3) is 6.70. The van der Waals surface area contributed by atoms with Crippen LogP contribution in [0.5, 0.6) is 5.75 Å². The highest BCUT2D eigenvalue weighted by atomic mass is 35.5. The van der Waals surface area contributed by atoms with Crippen molar-refractivity contribution in [1.29, 1.82) is 0 Å². The Morgan fingerprint density at radius 1 is 1.11 bits per heavy atom. The zero-order valence-corrected chi connectivity index (χ0v) is 16.7. The molecule has 2 aromatic carbocycles. The maximum atomic E-state index is 10.8. The van der Waals surface area contributed by atoms with E-state index in [1.807, 2.05) is 19.1 Å². The summed E-state index contributed by atoms with van der Waals surface area (Å²) in [4.78, 5) is 10.8. The number of nitrogens with one attached hydrogen (secondary N) is 1. The highest BCUT2D eigenvalue weighted by Crippen LogP contribution is 2.25. The predicted molar refractivity (Wildman–Crippen MR) is 107 cm³/mol. The second-order valence-electron chi connectivity index (χ2n) is 6.45. The number of ether oxygens (including phenoxy) is 1. The largest absolute Gasteiger partial charge is 0.479 e. The Morgan fingerprint density at radius 3 is 2.37 bits per heavy atom. The Morgan fingerprint density at radius 2 is 1.78 bits per heavy atom. The Kier molecular flexibility index (Phi) is 7.92. The minimum absolute atomic E-state index is 0.132. The first kappa shape index (κ1) is 21.5. The molecule has 7 heteroatoms. The lowest BCUT2D eigenvalue weighted by atomic mass is 10.1. The van der Waals surface area contributed by atoms with Crippen LogP contribution in [0.25, 0.3) is 0 Å². The first-order chi connectivity index (χ1) is 12.8. The number of aliphatic carboxylic acids is 1. The van der Waals surface area contributed by atoms with E-state index in [9.17, 15) is 9.90 Å². The van der Waals surface area contributed by atoms with E-state index in [-0.39, 0.29) is 6.04 Å². The van der Waals surface area contributed by atoms with Crippen LogP contribution in [0.3, 0.4) is 0 Å². The van der Waals surface area contributed by atoms with Gasteiger partial charge in [0.1, 0.15) is 5.75 Å². The van der Waals surface area contributed by atoms with Gasteiger partial charge in [-0.3, -0.25) is 0 Å². The van der Waals surface area contributed by atoms with Crippen LogP contribution in [0.15, 0.2) is 42.5 Å². The number of aliphatic hydroxyl groups excluding tert-OH is 1. The summed E-state index contributed by atoms with van der Waals surface area (Å²) in [6.07, 6.45) is -0.821. The fourth-order valence-corrected chi connectivity index (χ4v) is 2.84. The van der Waals surface area contributed by atoms with Crippen LogP contribution in [-0.4, -0.2) is 34.9 Å². The molecule has 0 bridgehead atoms. The van der Waals surface area contributed by atoms with Gasteiger partial charge >= 0.3 is 5.97 Å². The summed E-state index contributed by atoms with van der Waals surface area (Å²) < 4.78 is 5.31. The molecule has 0 saturated carbocycles. The summed E-state index contributed by atoms with van der Waals surface area (Å²) in [6, 6.07) is 12.5. The monoisotopic (exact) mass is 411 g/mol. The molecule has 1 unspecified atom stereocenters. The van der Waals surface area contributed by atoms with Crippen LogP contribution >= 0.6 is 23.2 Å². The van der Waals surface area contributed by atoms with E-state index >= 15 is 0 Å². The molecule has 0 radical (unpaired) electrons. The lowest BCUT2D eigenvalue weighted by Gasteiger charge is -2.18. The molecule has 0 aliphatic heterocycles. The van der Waals surface area contributed by atoms with E-state index in [4.69, 9.17) is 33.0 Å². The first-order valence-corrected chi connectivity index (χ1v) is 9.36. The molecule has 3 N–H and O–H groups in total. The summed E-state index contributed by atoms with van der Waals surface area (Å²) in [5.41, 5.74) is 1.78. The molecule has 0 saturated heterocycles. The summed E-state index contributed by atoms with van der Waals surface area (Å²) in [7, 11) is 0. The average Bonchev–Trinajstić information content (AvgIpc) is 2.63. The molecule has 0 spiro atoms. The molecule has 0 amide bonds. The summed E-state index contributed by atoms with van der Waals surface area (Å²) >= 11 is 11.9. The van der Waals surface area contributed by atoms with Crippen LogP contribution in [0.1, 0.15) is 31.1 Å². The maximum Gasteiger partial charge on any atom is 0.344 e. The van der Waals surface area contributed by atoms with Crippen molar-refractivity contribution in [2.75, 3.05) is 6.54 Å². The highest BCUT2D eigenvalue weighted by Gasteiger charge is 2.13. The van der Waals surface area contributed by atoms with Crippen LogP contribution in [0, 0.1) is 0 Å². The molecule has 0 aliphatic carbocycles. The highest BCUT2D eigenvalue weighted by molar-refractivity contribution is 6.42. The van der Waals surface area contributed by atoms with Gasteiger partial charge in [-0.05, 0) is 55.7 Å². The van der Waals surface area contributed by atoms with Gasteiger partial charge < -0.3 is 20.3 Å². The second-order valence-corrected chi connectivity index (χ2v) is 7.26. The third-order valence-electron chi connectivity index (χ3n) is 4.11. The molecule has 146 valence electrons. The molecule has 0 fully saturated rings. The van der Waals surface area contributed by atoms with E-state index in [0.29, 0.717) is 27.9 Å². The average molecular weight is 412 g/mol. The summed E-state index contributed by atoms with van der Waals surface area (Å²) in [6.45, 7) is 3.90. The van der Waals surface area contributed by atoms with Gasteiger partial charge in [0.25, 0.3) is 0 Å². The molecule has 0 aliphatic rings. The number of benzene rings is 2. The number of halogens is 2. The molecule has 0 aromatic heterocycles. The number of carboxylic acids is 1. The summed E-state index contributed by atoms with van der Waals surface area (Å²) in [5, 5.41) is 23.3. The Hall–Kier alpha value is -1.79.